The predicted molar refractivity (Wildman–Crippen MR) is 73.2 cm³/mol. The zero-order valence-electron chi connectivity index (χ0n) is 11.0. The molecule has 0 aliphatic rings. The van der Waals surface area contributed by atoms with Gasteiger partial charge in [-0.2, -0.15) is 5.26 Å². The van der Waals surface area contributed by atoms with Crippen molar-refractivity contribution in [3.63, 3.8) is 0 Å². The molecule has 2 aromatic carbocycles. The minimum atomic E-state index is 0.450. The number of nitrogens with zero attached hydrogens (tertiary/aromatic N) is 1. The van der Waals surface area contributed by atoms with E-state index in [1.807, 2.05) is 43.3 Å². The summed E-state index contributed by atoms with van der Waals surface area (Å²) in [5.41, 5.74) is 2.70. The van der Waals surface area contributed by atoms with Gasteiger partial charge in [-0.25, -0.2) is 0 Å². The molecule has 2 rings (SSSR count). The van der Waals surface area contributed by atoms with Crippen molar-refractivity contribution in [1.82, 2.24) is 0 Å². The quantitative estimate of drug-likeness (QED) is 0.838. The van der Waals surface area contributed by atoms with Gasteiger partial charge in [0.05, 0.1) is 12.7 Å². The van der Waals surface area contributed by atoms with Crippen LogP contribution in [-0.4, -0.2) is 7.11 Å². The second-order valence-corrected chi connectivity index (χ2v) is 4.25. The average molecular weight is 253 g/mol. The summed E-state index contributed by atoms with van der Waals surface area (Å²) in [6.45, 7) is 2.49. The maximum absolute atomic E-state index is 8.91. The molecule has 0 N–H and O–H groups in total. The number of hydrogen-bond acceptors (Lipinski definition) is 3. The molecule has 0 bridgehead atoms. The lowest BCUT2D eigenvalue weighted by Gasteiger charge is -2.08. The Hall–Kier alpha value is -2.47. The van der Waals surface area contributed by atoms with Crippen molar-refractivity contribution in [1.29, 1.82) is 5.26 Å². The Morgan fingerprint density at radius 1 is 1.11 bits per heavy atom. The largest absolute Gasteiger partial charge is 0.495 e. The van der Waals surface area contributed by atoms with Gasteiger partial charge in [-0.3, -0.25) is 0 Å². The van der Waals surface area contributed by atoms with Gasteiger partial charge in [-0.1, -0.05) is 23.8 Å². The van der Waals surface area contributed by atoms with E-state index >= 15 is 0 Å². The van der Waals surface area contributed by atoms with Gasteiger partial charge in [0, 0.05) is 0 Å². The van der Waals surface area contributed by atoms with Crippen molar-refractivity contribution in [3.8, 4) is 17.6 Å². The predicted octanol–water partition coefficient (Wildman–Crippen LogP) is 3.45. The second kappa shape index (κ2) is 5.92. The third-order valence-corrected chi connectivity index (χ3v) is 2.81. The zero-order valence-corrected chi connectivity index (χ0v) is 11.0. The first kappa shape index (κ1) is 13.0. The molecule has 0 fully saturated rings. The lowest BCUT2D eigenvalue weighted by molar-refractivity contribution is 0.305. The molecule has 0 unspecified atom stereocenters. The van der Waals surface area contributed by atoms with E-state index in [1.165, 1.54) is 5.56 Å². The fourth-order valence-corrected chi connectivity index (χ4v) is 1.72. The number of rotatable bonds is 4. The Morgan fingerprint density at radius 3 is 2.47 bits per heavy atom. The van der Waals surface area contributed by atoms with Crippen molar-refractivity contribution in [2.45, 2.75) is 13.5 Å². The van der Waals surface area contributed by atoms with Gasteiger partial charge in [-0.05, 0) is 36.8 Å². The molecule has 0 spiro atoms. The molecule has 0 aliphatic carbocycles. The molecule has 96 valence electrons. The van der Waals surface area contributed by atoms with Crippen LogP contribution in [0.25, 0.3) is 0 Å². The lowest BCUT2D eigenvalue weighted by Crippen LogP contribution is -1.97. The van der Waals surface area contributed by atoms with E-state index in [0.717, 1.165) is 11.3 Å². The van der Waals surface area contributed by atoms with Crippen LogP contribution in [0, 0.1) is 18.3 Å². The third kappa shape index (κ3) is 3.26. The van der Waals surface area contributed by atoms with Gasteiger partial charge >= 0.3 is 0 Å². The molecule has 0 aromatic heterocycles. The van der Waals surface area contributed by atoms with Gasteiger partial charge in [0.2, 0.25) is 0 Å². The van der Waals surface area contributed by atoms with Crippen LogP contribution in [0.15, 0.2) is 42.5 Å². The second-order valence-electron chi connectivity index (χ2n) is 4.25. The van der Waals surface area contributed by atoms with E-state index < -0.39 is 0 Å². The van der Waals surface area contributed by atoms with Crippen molar-refractivity contribution in [2.24, 2.45) is 0 Å². The zero-order chi connectivity index (χ0) is 13.7. The summed E-state index contributed by atoms with van der Waals surface area (Å²) in [6, 6.07) is 15.4. The molecule has 19 heavy (non-hydrogen) atoms. The van der Waals surface area contributed by atoms with Gasteiger partial charge in [0.25, 0.3) is 0 Å². The number of aryl methyl sites for hydroxylation is 1. The summed E-state index contributed by atoms with van der Waals surface area (Å²) in [6.07, 6.45) is 0. The summed E-state index contributed by atoms with van der Waals surface area (Å²) in [5.74, 6) is 1.40. The lowest BCUT2D eigenvalue weighted by atomic mass is 10.1. The Kier molecular flexibility index (Phi) is 4.04. The highest BCUT2D eigenvalue weighted by Gasteiger charge is 2.04. The Balaban J connectivity index is 2.07. The smallest absolute Gasteiger partial charge is 0.137 e. The van der Waals surface area contributed by atoms with E-state index in [9.17, 15) is 0 Å². The number of methoxy groups -OCH3 is 1. The van der Waals surface area contributed by atoms with E-state index in [1.54, 1.807) is 13.2 Å². The minimum absolute atomic E-state index is 0.450. The average Bonchev–Trinajstić information content (AvgIpc) is 2.46. The first-order chi connectivity index (χ1) is 9.22. The molecule has 0 aliphatic heterocycles. The van der Waals surface area contributed by atoms with Crippen molar-refractivity contribution in [3.05, 3.63) is 59.2 Å². The van der Waals surface area contributed by atoms with Crippen LogP contribution in [-0.2, 0) is 6.61 Å². The highest BCUT2D eigenvalue weighted by atomic mass is 16.5. The maximum atomic E-state index is 8.91. The minimum Gasteiger partial charge on any atom is -0.495 e. The summed E-state index contributed by atoms with van der Waals surface area (Å²) in [4.78, 5) is 0. The molecule has 0 radical (unpaired) electrons. The normalized spacial score (nSPS) is 9.74. The van der Waals surface area contributed by atoms with Gasteiger partial charge < -0.3 is 9.47 Å². The molecule has 0 saturated carbocycles. The number of benzene rings is 2. The molecule has 0 atom stereocenters. The molecule has 0 saturated heterocycles. The van der Waals surface area contributed by atoms with Crippen LogP contribution in [0.3, 0.4) is 0 Å². The Bertz CT molecular complexity index is 597. The summed E-state index contributed by atoms with van der Waals surface area (Å²) >= 11 is 0. The molecular weight excluding hydrogens is 238 g/mol. The SMILES string of the molecule is COc1cc(COc2ccc(C)cc2)ccc1C#N. The van der Waals surface area contributed by atoms with Crippen LogP contribution >= 0.6 is 0 Å². The van der Waals surface area contributed by atoms with Crippen molar-refractivity contribution in [2.75, 3.05) is 7.11 Å². The van der Waals surface area contributed by atoms with Crippen molar-refractivity contribution >= 4 is 0 Å². The summed E-state index contributed by atoms with van der Waals surface area (Å²) in [5, 5.41) is 8.91. The molecule has 0 amide bonds. The van der Waals surface area contributed by atoms with Crippen molar-refractivity contribution < 1.29 is 9.47 Å². The maximum Gasteiger partial charge on any atom is 0.137 e. The Labute approximate surface area is 113 Å². The first-order valence-corrected chi connectivity index (χ1v) is 5.99. The topological polar surface area (TPSA) is 42.2 Å². The standard InChI is InChI=1S/C16H15NO2/c1-12-3-7-15(8-4-12)19-11-13-5-6-14(10-17)16(9-13)18-2/h3-9H,11H2,1-2H3. The molecule has 2 aromatic rings. The molecule has 3 nitrogen and oxygen atoms in total. The van der Waals surface area contributed by atoms with E-state index in [4.69, 9.17) is 14.7 Å². The van der Waals surface area contributed by atoms with E-state index in [2.05, 4.69) is 6.07 Å². The number of ether oxygens (including phenoxy) is 2. The molecule has 3 heteroatoms. The van der Waals surface area contributed by atoms with E-state index in [-0.39, 0.29) is 0 Å². The highest BCUT2D eigenvalue weighted by Crippen LogP contribution is 2.20. The fraction of sp³-hybridized carbons (Fsp3) is 0.188. The van der Waals surface area contributed by atoms with Crippen LogP contribution in [0.5, 0.6) is 11.5 Å². The monoisotopic (exact) mass is 253 g/mol. The van der Waals surface area contributed by atoms with E-state index in [0.29, 0.717) is 17.9 Å². The van der Waals surface area contributed by atoms with Crippen LogP contribution < -0.4 is 9.47 Å². The summed E-state index contributed by atoms with van der Waals surface area (Å²) in [7, 11) is 1.56. The van der Waals surface area contributed by atoms with Gasteiger partial charge in [0.1, 0.15) is 24.2 Å². The Morgan fingerprint density at radius 2 is 1.84 bits per heavy atom. The fourth-order valence-electron chi connectivity index (χ4n) is 1.72. The van der Waals surface area contributed by atoms with Gasteiger partial charge in [0.15, 0.2) is 0 Å². The number of hydrogen-bond donors (Lipinski definition) is 0. The van der Waals surface area contributed by atoms with Gasteiger partial charge in [-0.15, -0.1) is 0 Å². The summed E-state index contributed by atoms with van der Waals surface area (Å²) < 4.78 is 10.8. The molecule has 0 heterocycles. The van der Waals surface area contributed by atoms with Crippen LogP contribution in [0.4, 0.5) is 0 Å². The highest BCUT2D eigenvalue weighted by molar-refractivity contribution is 5.45. The van der Waals surface area contributed by atoms with Crippen LogP contribution in [0.1, 0.15) is 16.7 Å². The third-order valence-electron chi connectivity index (χ3n) is 2.81. The molecular formula is C16H15NO2. The number of nitriles is 1. The van der Waals surface area contributed by atoms with Crippen LogP contribution in [0.2, 0.25) is 0 Å². The first-order valence-electron chi connectivity index (χ1n) is 5.99.